The highest BCUT2D eigenvalue weighted by Gasteiger charge is 2.56. The zero-order valence-electron chi connectivity index (χ0n) is 12.7. The zero-order valence-corrected chi connectivity index (χ0v) is 12.7. The SMILES string of the molecule is CN1CCC(n2cc(NC(=O)C3C4CCCC43)cn2)CC1. The number of anilines is 1. The third-order valence-electron chi connectivity index (χ3n) is 5.64. The van der Waals surface area contributed by atoms with Crippen LogP contribution in [-0.4, -0.2) is 40.7 Å². The monoisotopic (exact) mass is 288 g/mol. The summed E-state index contributed by atoms with van der Waals surface area (Å²) < 4.78 is 2.04. The van der Waals surface area contributed by atoms with Gasteiger partial charge in [-0.2, -0.15) is 5.10 Å². The molecule has 0 aromatic carbocycles. The van der Waals surface area contributed by atoms with Gasteiger partial charge in [0.1, 0.15) is 0 Å². The van der Waals surface area contributed by atoms with Gasteiger partial charge in [0.25, 0.3) is 0 Å². The molecule has 1 aliphatic heterocycles. The molecule has 0 radical (unpaired) electrons. The van der Waals surface area contributed by atoms with Crippen LogP contribution in [0.25, 0.3) is 0 Å². The van der Waals surface area contributed by atoms with E-state index in [1.807, 2.05) is 10.9 Å². The van der Waals surface area contributed by atoms with E-state index >= 15 is 0 Å². The first kappa shape index (κ1) is 13.3. The highest BCUT2D eigenvalue weighted by atomic mass is 16.2. The molecule has 2 saturated carbocycles. The highest BCUT2D eigenvalue weighted by Crippen LogP contribution is 2.57. The van der Waals surface area contributed by atoms with Crippen LogP contribution < -0.4 is 5.32 Å². The smallest absolute Gasteiger partial charge is 0.228 e. The van der Waals surface area contributed by atoms with Crippen molar-refractivity contribution in [2.24, 2.45) is 17.8 Å². The van der Waals surface area contributed by atoms with Gasteiger partial charge in [-0.25, -0.2) is 0 Å². The summed E-state index contributed by atoms with van der Waals surface area (Å²) in [5, 5.41) is 7.52. The zero-order chi connectivity index (χ0) is 14.4. The maximum atomic E-state index is 12.3. The molecule has 5 nitrogen and oxygen atoms in total. The van der Waals surface area contributed by atoms with Crippen molar-refractivity contribution in [2.45, 2.75) is 38.1 Å². The lowest BCUT2D eigenvalue weighted by molar-refractivity contribution is -0.118. The largest absolute Gasteiger partial charge is 0.323 e. The second-order valence-corrected chi connectivity index (χ2v) is 7.02. The van der Waals surface area contributed by atoms with Gasteiger partial charge in [-0.15, -0.1) is 0 Å². The topological polar surface area (TPSA) is 50.2 Å². The Balaban J connectivity index is 1.35. The first-order valence-corrected chi connectivity index (χ1v) is 8.26. The second kappa shape index (κ2) is 5.13. The van der Waals surface area contributed by atoms with Crippen molar-refractivity contribution in [1.29, 1.82) is 0 Å². The number of amides is 1. The summed E-state index contributed by atoms with van der Waals surface area (Å²) in [6.07, 6.45) is 9.89. The molecule has 2 aliphatic carbocycles. The van der Waals surface area contributed by atoms with Gasteiger partial charge in [0.05, 0.1) is 17.9 Å². The number of carbonyl (C=O) groups excluding carboxylic acids is 1. The van der Waals surface area contributed by atoms with E-state index in [2.05, 4.69) is 22.4 Å². The number of hydrogen-bond acceptors (Lipinski definition) is 3. The van der Waals surface area contributed by atoms with E-state index in [0.717, 1.165) is 31.6 Å². The predicted molar refractivity (Wildman–Crippen MR) is 80.9 cm³/mol. The summed E-state index contributed by atoms with van der Waals surface area (Å²) in [5.41, 5.74) is 0.865. The Kier molecular flexibility index (Phi) is 3.25. The van der Waals surface area contributed by atoms with Crippen LogP contribution in [0.1, 0.15) is 38.1 Å². The van der Waals surface area contributed by atoms with E-state index in [9.17, 15) is 4.79 Å². The molecule has 4 rings (SSSR count). The molecule has 1 saturated heterocycles. The van der Waals surface area contributed by atoms with Gasteiger partial charge in [0.15, 0.2) is 0 Å². The van der Waals surface area contributed by atoms with Crippen molar-refractivity contribution in [3.05, 3.63) is 12.4 Å². The average molecular weight is 288 g/mol. The van der Waals surface area contributed by atoms with Crippen molar-refractivity contribution in [2.75, 3.05) is 25.5 Å². The molecule has 0 bridgehead atoms. The van der Waals surface area contributed by atoms with Gasteiger partial charge >= 0.3 is 0 Å². The molecule has 21 heavy (non-hydrogen) atoms. The second-order valence-electron chi connectivity index (χ2n) is 7.02. The van der Waals surface area contributed by atoms with Gasteiger partial charge in [-0.3, -0.25) is 9.48 Å². The Morgan fingerprint density at radius 3 is 2.67 bits per heavy atom. The number of nitrogens with zero attached hydrogens (tertiary/aromatic N) is 3. The minimum Gasteiger partial charge on any atom is -0.323 e. The summed E-state index contributed by atoms with van der Waals surface area (Å²) in [5.74, 6) is 1.85. The molecule has 2 unspecified atom stereocenters. The molecule has 1 aromatic heterocycles. The van der Waals surface area contributed by atoms with Crippen LogP contribution in [0.4, 0.5) is 5.69 Å². The molecule has 3 aliphatic rings. The number of carbonyl (C=O) groups is 1. The molecule has 3 fully saturated rings. The Hall–Kier alpha value is -1.36. The van der Waals surface area contributed by atoms with Crippen LogP contribution in [0, 0.1) is 17.8 Å². The Morgan fingerprint density at radius 1 is 1.24 bits per heavy atom. The number of aromatic nitrogens is 2. The van der Waals surface area contributed by atoms with Gasteiger partial charge < -0.3 is 10.2 Å². The number of nitrogens with one attached hydrogen (secondary N) is 1. The lowest BCUT2D eigenvalue weighted by atomic mass is 10.1. The number of rotatable bonds is 3. The minimum absolute atomic E-state index is 0.215. The van der Waals surface area contributed by atoms with Gasteiger partial charge in [-0.05, 0) is 57.7 Å². The highest BCUT2D eigenvalue weighted by molar-refractivity contribution is 5.94. The number of hydrogen-bond donors (Lipinski definition) is 1. The first-order valence-electron chi connectivity index (χ1n) is 8.26. The quantitative estimate of drug-likeness (QED) is 0.927. The molecular formula is C16H24N4O. The van der Waals surface area contributed by atoms with Crippen LogP contribution in [0.3, 0.4) is 0 Å². The maximum Gasteiger partial charge on any atom is 0.228 e. The summed E-state index contributed by atoms with van der Waals surface area (Å²) in [6.45, 7) is 2.25. The third-order valence-corrected chi connectivity index (χ3v) is 5.64. The number of piperidine rings is 1. The summed E-state index contributed by atoms with van der Waals surface area (Å²) >= 11 is 0. The average Bonchev–Trinajstić information content (AvgIpc) is 2.84. The fourth-order valence-corrected chi connectivity index (χ4v) is 4.30. The van der Waals surface area contributed by atoms with Crippen molar-refractivity contribution in [3.8, 4) is 0 Å². The van der Waals surface area contributed by atoms with Gasteiger partial charge in [-0.1, -0.05) is 6.42 Å². The molecule has 1 amide bonds. The van der Waals surface area contributed by atoms with Gasteiger partial charge in [0.2, 0.25) is 5.91 Å². The Labute approximate surface area is 125 Å². The minimum atomic E-state index is 0.215. The Bertz CT molecular complexity index is 522. The van der Waals surface area contributed by atoms with Crippen molar-refractivity contribution in [3.63, 3.8) is 0 Å². The summed E-state index contributed by atoms with van der Waals surface area (Å²) in [7, 11) is 2.16. The van der Waals surface area contributed by atoms with Crippen LogP contribution in [0.15, 0.2) is 12.4 Å². The van der Waals surface area contributed by atoms with Crippen molar-refractivity contribution >= 4 is 11.6 Å². The number of likely N-dealkylation sites (tertiary alicyclic amines) is 1. The molecule has 1 aromatic rings. The fourth-order valence-electron chi connectivity index (χ4n) is 4.30. The van der Waals surface area contributed by atoms with Crippen LogP contribution in [0.5, 0.6) is 0 Å². The van der Waals surface area contributed by atoms with Crippen LogP contribution in [0.2, 0.25) is 0 Å². The summed E-state index contributed by atoms with van der Waals surface area (Å²) in [6, 6.07) is 0.479. The third kappa shape index (κ3) is 2.48. The first-order chi connectivity index (χ1) is 10.2. The van der Waals surface area contributed by atoms with E-state index in [1.54, 1.807) is 6.20 Å². The van der Waals surface area contributed by atoms with E-state index < -0.39 is 0 Å². The van der Waals surface area contributed by atoms with Crippen molar-refractivity contribution in [1.82, 2.24) is 14.7 Å². The molecule has 1 N–H and O–H groups in total. The molecule has 2 atom stereocenters. The number of fused-ring (bicyclic) bond motifs is 1. The van der Waals surface area contributed by atoms with E-state index in [0.29, 0.717) is 17.9 Å². The van der Waals surface area contributed by atoms with Crippen molar-refractivity contribution < 1.29 is 4.79 Å². The molecular weight excluding hydrogens is 264 g/mol. The molecule has 2 heterocycles. The lowest BCUT2D eigenvalue weighted by Gasteiger charge is -2.28. The predicted octanol–water partition coefficient (Wildman–Crippen LogP) is 2.13. The van der Waals surface area contributed by atoms with E-state index in [1.165, 1.54) is 19.3 Å². The van der Waals surface area contributed by atoms with E-state index in [4.69, 9.17) is 0 Å². The van der Waals surface area contributed by atoms with Gasteiger partial charge in [0, 0.05) is 12.1 Å². The molecule has 0 spiro atoms. The lowest BCUT2D eigenvalue weighted by Crippen LogP contribution is -2.31. The van der Waals surface area contributed by atoms with Crippen LogP contribution >= 0.6 is 0 Å². The standard InChI is InChI=1S/C16H24N4O/c1-19-7-5-12(6-8-19)20-10-11(9-17-20)18-16(21)15-13-3-2-4-14(13)15/h9-10,12-15H,2-8H2,1H3,(H,18,21). The fraction of sp³-hybridized carbons (Fsp3) is 0.750. The van der Waals surface area contributed by atoms with E-state index in [-0.39, 0.29) is 11.8 Å². The molecule has 5 heteroatoms. The molecule has 114 valence electrons. The maximum absolute atomic E-state index is 12.3. The summed E-state index contributed by atoms with van der Waals surface area (Å²) in [4.78, 5) is 14.6. The Morgan fingerprint density at radius 2 is 1.95 bits per heavy atom. The normalized spacial score (nSPS) is 32.9. The van der Waals surface area contributed by atoms with Crippen LogP contribution in [-0.2, 0) is 4.79 Å².